The molecule has 9 nitrogen and oxygen atoms in total. The van der Waals surface area contributed by atoms with Gasteiger partial charge in [-0.05, 0) is 48.9 Å². The van der Waals surface area contributed by atoms with Gasteiger partial charge in [0.2, 0.25) is 10.0 Å². The third-order valence-electron chi connectivity index (χ3n) is 5.63. The number of fused-ring (bicyclic) bond motifs is 1. The summed E-state index contributed by atoms with van der Waals surface area (Å²) >= 11 is 0. The van der Waals surface area contributed by atoms with Crippen LogP contribution in [0.15, 0.2) is 58.2 Å². The standard InChI is InChI=1S/C22H23N3O6S/c1-15-4-2-5-16-12-17(22(26)23-21(15)16)13-24(14-19-6-3-11-31-19)32(29,30)20-9-7-18(8-10-20)25(27)28/h2,4-5,7-10,12,19H,3,6,11,13-14H2,1H3,(H,23,26). The molecule has 1 atom stereocenters. The zero-order valence-electron chi connectivity index (χ0n) is 17.5. The van der Waals surface area contributed by atoms with Crippen LogP contribution in [0.25, 0.3) is 10.9 Å². The normalized spacial score (nSPS) is 16.6. The van der Waals surface area contributed by atoms with Gasteiger partial charge in [0.15, 0.2) is 0 Å². The van der Waals surface area contributed by atoms with Gasteiger partial charge in [-0.2, -0.15) is 4.31 Å². The maximum absolute atomic E-state index is 13.4. The van der Waals surface area contributed by atoms with E-state index in [1.54, 1.807) is 6.07 Å². The van der Waals surface area contributed by atoms with Crippen LogP contribution >= 0.6 is 0 Å². The van der Waals surface area contributed by atoms with Crippen molar-refractivity contribution in [2.45, 2.75) is 37.3 Å². The molecule has 0 saturated carbocycles. The molecule has 2 heterocycles. The second-order valence-electron chi connectivity index (χ2n) is 7.85. The fourth-order valence-electron chi connectivity index (χ4n) is 3.89. The third kappa shape index (κ3) is 4.43. The fraction of sp³-hybridized carbons (Fsp3) is 0.318. The highest BCUT2D eigenvalue weighted by Gasteiger charge is 2.30. The van der Waals surface area contributed by atoms with Crippen LogP contribution in [0.3, 0.4) is 0 Å². The Morgan fingerprint density at radius 1 is 1.22 bits per heavy atom. The van der Waals surface area contributed by atoms with E-state index in [-0.39, 0.29) is 35.3 Å². The monoisotopic (exact) mass is 457 g/mol. The highest BCUT2D eigenvalue weighted by atomic mass is 32.2. The van der Waals surface area contributed by atoms with Crippen molar-refractivity contribution in [1.29, 1.82) is 0 Å². The number of pyridine rings is 1. The van der Waals surface area contributed by atoms with Gasteiger partial charge in [0.1, 0.15) is 0 Å². The van der Waals surface area contributed by atoms with E-state index >= 15 is 0 Å². The molecule has 1 fully saturated rings. The van der Waals surface area contributed by atoms with Gasteiger partial charge in [-0.15, -0.1) is 0 Å². The van der Waals surface area contributed by atoms with Crippen molar-refractivity contribution >= 4 is 26.6 Å². The second-order valence-corrected chi connectivity index (χ2v) is 9.78. The summed E-state index contributed by atoms with van der Waals surface area (Å²) in [5.74, 6) is 0. The first-order valence-corrected chi connectivity index (χ1v) is 11.7. The number of sulfonamides is 1. The Morgan fingerprint density at radius 2 is 1.97 bits per heavy atom. The first kappa shape index (κ1) is 22.1. The van der Waals surface area contributed by atoms with E-state index < -0.39 is 14.9 Å². The summed E-state index contributed by atoms with van der Waals surface area (Å²) in [6.07, 6.45) is 1.29. The van der Waals surface area contributed by atoms with Crippen LogP contribution in [0.4, 0.5) is 5.69 Å². The molecule has 32 heavy (non-hydrogen) atoms. The first-order valence-electron chi connectivity index (χ1n) is 10.2. The van der Waals surface area contributed by atoms with Crippen LogP contribution in [0.1, 0.15) is 24.0 Å². The number of aromatic amines is 1. The maximum atomic E-state index is 13.4. The Labute approximate surface area is 184 Å². The van der Waals surface area contributed by atoms with E-state index in [1.165, 1.54) is 16.4 Å². The minimum Gasteiger partial charge on any atom is -0.377 e. The summed E-state index contributed by atoms with van der Waals surface area (Å²) in [7, 11) is -4.03. The van der Waals surface area contributed by atoms with E-state index in [0.29, 0.717) is 17.7 Å². The first-order chi connectivity index (χ1) is 15.3. The number of hydrogen-bond donors (Lipinski definition) is 1. The predicted octanol–water partition coefficient (Wildman–Crippen LogP) is 3.11. The molecule has 1 aromatic heterocycles. The molecule has 0 spiro atoms. The Hall–Kier alpha value is -3.08. The number of hydrogen-bond acceptors (Lipinski definition) is 6. The lowest BCUT2D eigenvalue weighted by Gasteiger charge is -2.25. The van der Waals surface area contributed by atoms with Crippen molar-refractivity contribution < 1.29 is 18.1 Å². The van der Waals surface area contributed by atoms with Crippen molar-refractivity contribution in [3.63, 3.8) is 0 Å². The average Bonchev–Trinajstić information content (AvgIpc) is 3.28. The number of para-hydroxylation sites is 1. The number of ether oxygens (including phenoxy) is 1. The molecule has 2 aromatic carbocycles. The molecule has 168 valence electrons. The lowest BCUT2D eigenvalue weighted by molar-refractivity contribution is -0.384. The van der Waals surface area contributed by atoms with Crippen molar-refractivity contribution in [2.24, 2.45) is 0 Å². The number of aryl methyl sites for hydroxylation is 1. The number of nitrogens with one attached hydrogen (secondary N) is 1. The summed E-state index contributed by atoms with van der Waals surface area (Å²) in [6, 6.07) is 12.1. The minimum absolute atomic E-state index is 0.0749. The molecule has 1 saturated heterocycles. The number of nitro benzene ring substituents is 1. The molecule has 0 bridgehead atoms. The molecule has 0 amide bonds. The molecular formula is C22H23N3O6S. The maximum Gasteiger partial charge on any atom is 0.269 e. The van der Waals surface area contributed by atoms with Crippen LogP contribution in [0, 0.1) is 17.0 Å². The number of benzene rings is 2. The van der Waals surface area contributed by atoms with Crippen LogP contribution < -0.4 is 5.56 Å². The lowest BCUT2D eigenvalue weighted by Crippen LogP contribution is -2.38. The summed E-state index contributed by atoms with van der Waals surface area (Å²) in [5.41, 5.74) is 1.39. The fourth-order valence-corrected chi connectivity index (χ4v) is 5.34. The van der Waals surface area contributed by atoms with Crippen molar-refractivity contribution in [3.05, 3.63) is 80.1 Å². The van der Waals surface area contributed by atoms with Crippen molar-refractivity contribution in [2.75, 3.05) is 13.2 Å². The SMILES string of the molecule is Cc1cccc2cc(CN(CC3CCCO3)S(=O)(=O)c3ccc([N+](=O)[O-])cc3)c(=O)[nH]c12. The smallest absolute Gasteiger partial charge is 0.269 e. The van der Waals surface area contributed by atoms with Gasteiger partial charge < -0.3 is 9.72 Å². The van der Waals surface area contributed by atoms with E-state index in [2.05, 4.69) is 4.98 Å². The van der Waals surface area contributed by atoms with Gasteiger partial charge in [-0.1, -0.05) is 18.2 Å². The van der Waals surface area contributed by atoms with Crippen LogP contribution in [-0.2, 0) is 21.3 Å². The van der Waals surface area contributed by atoms with Crippen LogP contribution in [-0.4, -0.2) is 41.9 Å². The highest BCUT2D eigenvalue weighted by molar-refractivity contribution is 7.89. The molecule has 4 rings (SSSR count). The molecule has 0 aliphatic carbocycles. The molecule has 1 unspecified atom stereocenters. The largest absolute Gasteiger partial charge is 0.377 e. The Morgan fingerprint density at radius 3 is 2.62 bits per heavy atom. The van der Waals surface area contributed by atoms with Crippen molar-refractivity contribution in [1.82, 2.24) is 9.29 Å². The molecule has 3 aromatic rings. The summed E-state index contributed by atoms with van der Waals surface area (Å²) in [6.45, 7) is 2.40. The van der Waals surface area contributed by atoms with Gasteiger partial charge in [0, 0.05) is 37.4 Å². The Kier molecular flexibility index (Phi) is 6.09. The summed E-state index contributed by atoms with van der Waals surface area (Å²) in [5, 5.41) is 11.7. The van der Waals surface area contributed by atoms with Gasteiger partial charge >= 0.3 is 0 Å². The quantitative estimate of drug-likeness (QED) is 0.430. The number of aromatic nitrogens is 1. The van der Waals surface area contributed by atoms with E-state index in [1.807, 2.05) is 25.1 Å². The minimum atomic E-state index is -4.03. The molecule has 1 aliphatic heterocycles. The zero-order valence-corrected chi connectivity index (χ0v) is 18.3. The molecule has 0 radical (unpaired) electrons. The number of nitrogens with zero attached hydrogens (tertiary/aromatic N) is 2. The van der Waals surface area contributed by atoms with Gasteiger partial charge in [0.25, 0.3) is 11.2 Å². The van der Waals surface area contributed by atoms with Crippen molar-refractivity contribution in [3.8, 4) is 0 Å². The average molecular weight is 458 g/mol. The highest BCUT2D eigenvalue weighted by Crippen LogP contribution is 2.24. The second kappa shape index (κ2) is 8.81. The van der Waals surface area contributed by atoms with Gasteiger partial charge in [-0.3, -0.25) is 14.9 Å². The number of H-pyrrole nitrogens is 1. The lowest BCUT2D eigenvalue weighted by atomic mass is 10.1. The third-order valence-corrected chi connectivity index (χ3v) is 7.45. The summed E-state index contributed by atoms with van der Waals surface area (Å²) in [4.78, 5) is 25.9. The molecular weight excluding hydrogens is 434 g/mol. The topological polar surface area (TPSA) is 123 Å². The van der Waals surface area contributed by atoms with E-state index in [0.717, 1.165) is 35.9 Å². The van der Waals surface area contributed by atoms with Crippen LogP contribution in [0.5, 0.6) is 0 Å². The Balaban J connectivity index is 1.72. The zero-order chi connectivity index (χ0) is 22.9. The number of nitro groups is 1. The number of non-ortho nitro benzene ring substituents is 1. The molecule has 10 heteroatoms. The van der Waals surface area contributed by atoms with Gasteiger partial charge in [0.05, 0.1) is 21.4 Å². The number of rotatable bonds is 7. The van der Waals surface area contributed by atoms with E-state index in [9.17, 15) is 23.3 Å². The Bertz CT molecular complexity index is 1310. The van der Waals surface area contributed by atoms with Gasteiger partial charge in [-0.25, -0.2) is 8.42 Å². The molecule has 1 N–H and O–H groups in total. The van der Waals surface area contributed by atoms with E-state index in [4.69, 9.17) is 4.74 Å². The summed E-state index contributed by atoms with van der Waals surface area (Å²) < 4.78 is 33.7. The molecule has 1 aliphatic rings. The predicted molar refractivity (Wildman–Crippen MR) is 119 cm³/mol. The van der Waals surface area contributed by atoms with Crippen LogP contribution in [0.2, 0.25) is 0 Å².